The topological polar surface area (TPSA) is 131 Å². The number of amides is 4. The van der Waals surface area contributed by atoms with Crippen LogP contribution in [-0.4, -0.2) is 66.2 Å². The minimum absolute atomic E-state index is 0.0414. The van der Waals surface area contributed by atoms with Crippen LogP contribution in [0.15, 0.2) is 0 Å². The Morgan fingerprint density at radius 3 is 2.41 bits per heavy atom. The summed E-state index contributed by atoms with van der Waals surface area (Å²) in [6, 6.07) is -1.02. The zero-order valence-corrected chi connectivity index (χ0v) is 20.2. The molecular weight excluding hydrogens is 448 g/mol. The summed E-state index contributed by atoms with van der Waals surface area (Å²) in [7, 11) is 0. The Balaban J connectivity index is 1.79. The van der Waals surface area contributed by atoms with Gasteiger partial charge in [-0.1, -0.05) is 34.6 Å². The van der Waals surface area contributed by atoms with E-state index in [4.69, 9.17) is 0 Å². The monoisotopic (exact) mass is 481 g/mol. The second-order valence-electron chi connectivity index (χ2n) is 11.2. The lowest BCUT2D eigenvalue weighted by Gasteiger charge is -2.37. The molecule has 0 spiro atoms. The molecule has 0 aromatic rings. The molecule has 3 fully saturated rings. The molecular formula is C23H33F2N5O4. The van der Waals surface area contributed by atoms with E-state index in [9.17, 15) is 33.2 Å². The van der Waals surface area contributed by atoms with E-state index >= 15 is 0 Å². The van der Waals surface area contributed by atoms with Gasteiger partial charge in [-0.2, -0.15) is 14.0 Å². The molecule has 1 aliphatic carbocycles. The minimum Gasteiger partial charge on any atom is -0.356 e. The fourth-order valence-corrected chi connectivity index (χ4v) is 5.39. The lowest BCUT2D eigenvalue weighted by Crippen LogP contribution is -2.60. The van der Waals surface area contributed by atoms with Crippen molar-refractivity contribution in [2.24, 2.45) is 28.6 Å². The standard InChI is InChI=1S/C23H33F2N5O4/c1-22(2,3)16(29-20(33)17(24)25)21(34)30-10-13-14(23(13,4)5)15(30)19(32)28-12(9-26)8-11-6-7-27-18(11)31/h11-17H,6-8,10H2,1-5H3,(H,27,31)(H,28,32)(H,29,33)/t11-,12-,13-,14-,15-,16+/m0/s1. The summed E-state index contributed by atoms with van der Waals surface area (Å²) in [5.74, 6) is -3.29. The van der Waals surface area contributed by atoms with Gasteiger partial charge in [0.1, 0.15) is 18.1 Å². The fourth-order valence-electron chi connectivity index (χ4n) is 5.39. The van der Waals surface area contributed by atoms with Gasteiger partial charge in [0.2, 0.25) is 17.7 Å². The number of fused-ring (bicyclic) bond motifs is 1. The molecule has 0 aromatic heterocycles. The van der Waals surface area contributed by atoms with Crippen molar-refractivity contribution in [1.29, 1.82) is 5.26 Å². The molecule has 11 heteroatoms. The molecule has 1 saturated carbocycles. The lowest BCUT2D eigenvalue weighted by atomic mass is 9.85. The van der Waals surface area contributed by atoms with E-state index in [0.29, 0.717) is 13.0 Å². The molecule has 4 amide bonds. The first-order valence-electron chi connectivity index (χ1n) is 11.6. The second-order valence-corrected chi connectivity index (χ2v) is 11.2. The van der Waals surface area contributed by atoms with Gasteiger partial charge in [0.05, 0.1) is 6.07 Å². The van der Waals surface area contributed by atoms with Gasteiger partial charge in [0, 0.05) is 19.0 Å². The molecule has 2 saturated heterocycles. The molecule has 3 aliphatic rings. The number of hydrogen-bond donors (Lipinski definition) is 3. The Kier molecular flexibility index (Phi) is 6.93. The molecule has 2 heterocycles. The third kappa shape index (κ3) is 4.86. The molecule has 2 aliphatic heterocycles. The Labute approximate surface area is 198 Å². The Morgan fingerprint density at radius 1 is 1.26 bits per heavy atom. The van der Waals surface area contributed by atoms with Crippen molar-refractivity contribution in [2.75, 3.05) is 13.1 Å². The van der Waals surface area contributed by atoms with Gasteiger partial charge in [0.15, 0.2) is 0 Å². The number of rotatable bonds is 7. The van der Waals surface area contributed by atoms with E-state index in [1.807, 2.05) is 19.9 Å². The van der Waals surface area contributed by atoms with Gasteiger partial charge in [-0.15, -0.1) is 0 Å². The number of hydrogen-bond acceptors (Lipinski definition) is 5. The summed E-state index contributed by atoms with van der Waals surface area (Å²) in [6.45, 7) is 9.72. The predicted octanol–water partition coefficient (Wildman–Crippen LogP) is 0.800. The van der Waals surface area contributed by atoms with Crippen molar-refractivity contribution >= 4 is 23.6 Å². The third-order valence-electron chi connectivity index (χ3n) is 7.51. The van der Waals surface area contributed by atoms with Crippen LogP contribution >= 0.6 is 0 Å². The average molecular weight is 482 g/mol. The van der Waals surface area contributed by atoms with Gasteiger partial charge in [-0.25, -0.2) is 0 Å². The van der Waals surface area contributed by atoms with E-state index in [0.717, 1.165) is 0 Å². The van der Waals surface area contributed by atoms with Gasteiger partial charge < -0.3 is 20.9 Å². The number of nitrogens with one attached hydrogen (secondary N) is 3. The predicted molar refractivity (Wildman–Crippen MR) is 117 cm³/mol. The first-order chi connectivity index (χ1) is 15.7. The minimum atomic E-state index is -3.27. The molecule has 34 heavy (non-hydrogen) atoms. The molecule has 3 rings (SSSR count). The number of carbonyl (C=O) groups is 4. The first kappa shape index (κ1) is 25.8. The van der Waals surface area contributed by atoms with Crippen LogP contribution in [0.2, 0.25) is 0 Å². The smallest absolute Gasteiger partial charge is 0.315 e. The maximum atomic E-state index is 13.5. The molecule has 0 aromatic carbocycles. The van der Waals surface area contributed by atoms with Crippen LogP contribution in [0, 0.1) is 39.9 Å². The average Bonchev–Trinajstić information content (AvgIpc) is 3.10. The summed E-state index contributed by atoms with van der Waals surface area (Å²) in [5.41, 5.74) is -1.08. The van der Waals surface area contributed by atoms with Crippen molar-refractivity contribution in [3.05, 3.63) is 0 Å². The van der Waals surface area contributed by atoms with E-state index in [-0.39, 0.29) is 42.0 Å². The maximum Gasteiger partial charge on any atom is 0.315 e. The molecule has 0 bridgehead atoms. The highest BCUT2D eigenvalue weighted by atomic mass is 19.3. The highest BCUT2D eigenvalue weighted by Crippen LogP contribution is 2.65. The van der Waals surface area contributed by atoms with Gasteiger partial charge in [0.25, 0.3) is 5.91 Å². The molecule has 0 unspecified atom stereocenters. The molecule has 9 nitrogen and oxygen atoms in total. The SMILES string of the molecule is CC(C)(C)[C@H](NC(=O)C(F)F)C(=O)N1C[C@H]2[C@@H]([C@H]1C(=O)N[C@H](C#N)C[C@@H]1CCNC1=O)C2(C)C. The van der Waals surface area contributed by atoms with Crippen LogP contribution in [0.1, 0.15) is 47.5 Å². The molecule has 6 atom stereocenters. The summed E-state index contributed by atoms with van der Waals surface area (Å²) in [6.07, 6.45) is -2.52. The highest BCUT2D eigenvalue weighted by molar-refractivity contribution is 5.94. The third-order valence-corrected chi connectivity index (χ3v) is 7.51. The number of piperidine rings is 1. The Morgan fingerprint density at radius 2 is 1.91 bits per heavy atom. The van der Waals surface area contributed by atoms with Crippen molar-refractivity contribution < 1.29 is 28.0 Å². The second kappa shape index (κ2) is 9.12. The van der Waals surface area contributed by atoms with Gasteiger partial charge in [-0.05, 0) is 35.5 Å². The largest absolute Gasteiger partial charge is 0.356 e. The van der Waals surface area contributed by atoms with E-state index in [1.54, 1.807) is 20.8 Å². The number of carbonyl (C=O) groups excluding carboxylic acids is 4. The van der Waals surface area contributed by atoms with Crippen LogP contribution in [0.25, 0.3) is 0 Å². The van der Waals surface area contributed by atoms with Gasteiger partial charge >= 0.3 is 6.43 Å². The van der Waals surface area contributed by atoms with Crippen LogP contribution < -0.4 is 16.0 Å². The Hall–Kier alpha value is -2.77. The van der Waals surface area contributed by atoms with Crippen LogP contribution in [0.3, 0.4) is 0 Å². The zero-order chi connectivity index (χ0) is 25.6. The number of halogens is 2. The molecule has 3 N–H and O–H groups in total. The number of alkyl halides is 2. The zero-order valence-electron chi connectivity index (χ0n) is 20.2. The summed E-state index contributed by atoms with van der Waals surface area (Å²) in [5, 5.41) is 17.1. The van der Waals surface area contributed by atoms with E-state index in [2.05, 4.69) is 16.0 Å². The quantitative estimate of drug-likeness (QED) is 0.495. The first-order valence-corrected chi connectivity index (χ1v) is 11.6. The number of likely N-dealkylation sites (tertiary alicyclic amines) is 1. The van der Waals surface area contributed by atoms with E-state index in [1.165, 1.54) is 4.90 Å². The Bertz CT molecular complexity index is 910. The van der Waals surface area contributed by atoms with Gasteiger partial charge in [-0.3, -0.25) is 19.2 Å². The van der Waals surface area contributed by atoms with Crippen molar-refractivity contribution in [3.8, 4) is 6.07 Å². The highest BCUT2D eigenvalue weighted by Gasteiger charge is 2.69. The summed E-state index contributed by atoms with van der Waals surface area (Å²) >= 11 is 0. The normalized spacial score (nSPS) is 29.0. The number of nitriles is 1. The summed E-state index contributed by atoms with van der Waals surface area (Å²) in [4.78, 5) is 51.8. The van der Waals surface area contributed by atoms with Crippen molar-refractivity contribution in [2.45, 2.75) is 72.0 Å². The van der Waals surface area contributed by atoms with Crippen LogP contribution in [-0.2, 0) is 19.2 Å². The molecule has 0 radical (unpaired) electrons. The van der Waals surface area contributed by atoms with Crippen molar-refractivity contribution in [1.82, 2.24) is 20.9 Å². The fraction of sp³-hybridized carbons (Fsp3) is 0.783. The van der Waals surface area contributed by atoms with Crippen LogP contribution in [0.4, 0.5) is 8.78 Å². The van der Waals surface area contributed by atoms with Crippen molar-refractivity contribution in [3.63, 3.8) is 0 Å². The molecule has 188 valence electrons. The maximum absolute atomic E-state index is 13.5. The van der Waals surface area contributed by atoms with E-state index < -0.39 is 47.7 Å². The lowest BCUT2D eigenvalue weighted by molar-refractivity contribution is -0.147. The summed E-state index contributed by atoms with van der Waals surface area (Å²) < 4.78 is 25.8. The van der Waals surface area contributed by atoms with Crippen LogP contribution in [0.5, 0.6) is 0 Å². The number of nitrogens with zero attached hydrogens (tertiary/aromatic N) is 2.